The number of anilines is 1. The summed E-state index contributed by atoms with van der Waals surface area (Å²) in [4.78, 5) is 19.6. The average molecular weight is 300 g/mol. The van der Waals surface area contributed by atoms with Gasteiger partial charge in [0.1, 0.15) is 5.75 Å². The Hall–Kier alpha value is -2.01. The molecule has 3 rings (SSSR count). The van der Waals surface area contributed by atoms with Gasteiger partial charge in [0.2, 0.25) is 0 Å². The van der Waals surface area contributed by atoms with Crippen LogP contribution < -0.4 is 9.64 Å². The summed E-state index contributed by atoms with van der Waals surface area (Å²) >= 11 is 1.75. The second-order valence-electron chi connectivity index (χ2n) is 4.75. The van der Waals surface area contributed by atoms with Crippen molar-refractivity contribution in [1.29, 1.82) is 0 Å². The standard InChI is InChI=1S/C16H16N2O2S/c1-12(20-13-5-3-2-4-6-13)16(19)18-9-10-21-15-7-8-17-11-14(15)18/h2-8,11-12H,9-10H2,1H3/t12-/m0/s1. The van der Waals surface area contributed by atoms with E-state index in [9.17, 15) is 4.79 Å². The molecular formula is C16H16N2O2S. The number of amides is 1. The molecule has 0 radical (unpaired) electrons. The van der Waals surface area contributed by atoms with Crippen molar-refractivity contribution in [3.8, 4) is 5.75 Å². The van der Waals surface area contributed by atoms with Crippen molar-refractivity contribution in [2.24, 2.45) is 0 Å². The molecule has 0 N–H and O–H groups in total. The number of benzene rings is 1. The summed E-state index contributed by atoms with van der Waals surface area (Å²) in [6.07, 6.45) is 2.97. The molecule has 108 valence electrons. The topological polar surface area (TPSA) is 42.4 Å². The molecule has 1 aliphatic heterocycles. The summed E-state index contributed by atoms with van der Waals surface area (Å²) in [6.45, 7) is 2.47. The molecule has 1 aromatic heterocycles. The highest BCUT2D eigenvalue weighted by Gasteiger charge is 2.27. The minimum Gasteiger partial charge on any atom is -0.481 e. The number of nitrogens with zero attached hydrogens (tertiary/aromatic N) is 2. The van der Waals surface area contributed by atoms with E-state index in [1.54, 1.807) is 36.0 Å². The van der Waals surface area contributed by atoms with Gasteiger partial charge in [0.05, 0.1) is 11.9 Å². The zero-order valence-electron chi connectivity index (χ0n) is 11.7. The lowest BCUT2D eigenvalue weighted by Crippen LogP contribution is -2.43. The number of fused-ring (bicyclic) bond motifs is 1. The smallest absolute Gasteiger partial charge is 0.267 e. The van der Waals surface area contributed by atoms with Gasteiger partial charge in [-0.3, -0.25) is 9.78 Å². The zero-order chi connectivity index (χ0) is 14.7. The first kappa shape index (κ1) is 13.9. The minimum absolute atomic E-state index is 0.0339. The van der Waals surface area contributed by atoms with Gasteiger partial charge in [-0.05, 0) is 25.1 Å². The maximum Gasteiger partial charge on any atom is 0.267 e. The Morgan fingerprint density at radius 3 is 2.95 bits per heavy atom. The second kappa shape index (κ2) is 6.18. The summed E-state index contributed by atoms with van der Waals surface area (Å²) in [5.41, 5.74) is 0.877. The molecule has 1 aromatic carbocycles. The van der Waals surface area contributed by atoms with Crippen molar-refractivity contribution in [1.82, 2.24) is 4.98 Å². The molecule has 0 unspecified atom stereocenters. The predicted molar refractivity (Wildman–Crippen MR) is 83.8 cm³/mol. The quantitative estimate of drug-likeness (QED) is 0.874. The predicted octanol–water partition coefficient (Wildman–Crippen LogP) is 2.99. The number of thioether (sulfide) groups is 1. The Balaban J connectivity index is 1.77. The number of para-hydroxylation sites is 1. The number of aromatic nitrogens is 1. The van der Waals surface area contributed by atoms with Crippen LogP contribution in [0.15, 0.2) is 53.7 Å². The van der Waals surface area contributed by atoms with Crippen LogP contribution in [-0.4, -0.2) is 29.3 Å². The molecule has 4 nitrogen and oxygen atoms in total. The Morgan fingerprint density at radius 2 is 2.14 bits per heavy atom. The third kappa shape index (κ3) is 3.03. The SMILES string of the molecule is C[C@H](Oc1ccccc1)C(=O)N1CCSc2ccncc21. The monoisotopic (exact) mass is 300 g/mol. The van der Waals surface area contributed by atoms with Crippen molar-refractivity contribution in [3.05, 3.63) is 48.8 Å². The van der Waals surface area contributed by atoms with Gasteiger partial charge >= 0.3 is 0 Å². The van der Waals surface area contributed by atoms with Crippen LogP contribution in [0.4, 0.5) is 5.69 Å². The molecule has 0 saturated carbocycles. The third-order valence-electron chi connectivity index (χ3n) is 3.29. The summed E-state index contributed by atoms with van der Waals surface area (Å²) < 4.78 is 5.73. The molecular weight excluding hydrogens is 284 g/mol. The van der Waals surface area contributed by atoms with E-state index in [1.807, 2.05) is 36.4 Å². The van der Waals surface area contributed by atoms with Crippen molar-refractivity contribution >= 4 is 23.4 Å². The molecule has 2 aromatic rings. The maximum absolute atomic E-state index is 12.6. The minimum atomic E-state index is -0.524. The molecule has 2 heterocycles. The highest BCUT2D eigenvalue weighted by Crippen LogP contribution is 2.34. The third-order valence-corrected chi connectivity index (χ3v) is 4.34. The fourth-order valence-electron chi connectivity index (χ4n) is 2.27. The fraction of sp³-hybridized carbons (Fsp3) is 0.250. The van der Waals surface area contributed by atoms with Crippen molar-refractivity contribution < 1.29 is 9.53 Å². The number of rotatable bonds is 3. The van der Waals surface area contributed by atoms with E-state index in [0.29, 0.717) is 12.3 Å². The molecule has 0 aliphatic carbocycles. The molecule has 0 spiro atoms. The number of carbonyl (C=O) groups excluding carboxylic acids is 1. The number of hydrogen-bond donors (Lipinski definition) is 0. The molecule has 5 heteroatoms. The first-order valence-corrected chi connectivity index (χ1v) is 7.84. The van der Waals surface area contributed by atoms with Crippen LogP contribution in [0.3, 0.4) is 0 Å². The summed E-state index contributed by atoms with van der Waals surface area (Å²) in [5.74, 6) is 1.56. The molecule has 21 heavy (non-hydrogen) atoms. The fourth-order valence-corrected chi connectivity index (χ4v) is 3.23. The molecule has 1 aliphatic rings. The van der Waals surface area contributed by atoms with Crippen LogP contribution in [0.25, 0.3) is 0 Å². The maximum atomic E-state index is 12.6. The van der Waals surface area contributed by atoms with E-state index in [4.69, 9.17) is 4.74 Å². The Kier molecular flexibility index (Phi) is 4.10. The van der Waals surface area contributed by atoms with Gasteiger partial charge in [0.25, 0.3) is 5.91 Å². The number of hydrogen-bond acceptors (Lipinski definition) is 4. The molecule has 0 fully saturated rings. The van der Waals surface area contributed by atoms with E-state index < -0.39 is 6.10 Å². The first-order valence-electron chi connectivity index (χ1n) is 6.85. The number of ether oxygens (including phenoxy) is 1. The van der Waals surface area contributed by atoms with Gasteiger partial charge < -0.3 is 9.64 Å². The Bertz CT molecular complexity index is 633. The second-order valence-corrected chi connectivity index (χ2v) is 5.89. The van der Waals surface area contributed by atoms with Gasteiger partial charge in [0, 0.05) is 23.4 Å². The van der Waals surface area contributed by atoms with Gasteiger partial charge in [-0.25, -0.2) is 0 Å². The Labute approximate surface area is 128 Å². The lowest BCUT2D eigenvalue weighted by molar-refractivity contribution is -0.124. The average Bonchev–Trinajstić information content (AvgIpc) is 2.54. The largest absolute Gasteiger partial charge is 0.481 e. The van der Waals surface area contributed by atoms with Gasteiger partial charge in [0.15, 0.2) is 6.10 Å². The van der Waals surface area contributed by atoms with E-state index in [0.717, 1.165) is 16.3 Å². The van der Waals surface area contributed by atoms with E-state index >= 15 is 0 Å². The lowest BCUT2D eigenvalue weighted by Gasteiger charge is -2.30. The summed E-state index contributed by atoms with van der Waals surface area (Å²) in [5, 5.41) is 0. The molecule has 1 amide bonds. The van der Waals surface area contributed by atoms with Crippen molar-refractivity contribution in [2.45, 2.75) is 17.9 Å². The van der Waals surface area contributed by atoms with E-state index in [2.05, 4.69) is 4.98 Å². The van der Waals surface area contributed by atoms with Gasteiger partial charge in [-0.15, -0.1) is 11.8 Å². The lowest BCUT2D eigenvalue weighted by atomic mass is 10.2. The van der Waals surface area contributed by atoms with Crippen LogP contribution in [0.1, 0.15) is 6.92 Å². The van der Waals surface area contributed by atoms with E-state index in [-0.39, 0.29) is 5.91 Å². The molecule has 1 atom stereocenters. The van der Waals surface area contributed by atoms with Crippen LogP contribution in [0.5, 0.6) is 5.75 Å². The highest BCUT2D eigenvalue weighted by molar-refractivity contribution is 7.99. The normalized spacial score (nSPS) is 15.2. The van der Waals surface area contributed by atoms with Gasteiger partial charge in [-0.1, -0.05) is 18.2 Å². The van der Waals surface area contributed by atoms with Gasteiger partial charge in [-0.2, -0.15) is 0 Å². The van der Waals surface area contributed by atoms with E-state index in [1.165, 1.54) is 0 Å². The van der Waals surface area contributed by atoms with Crippen LogP contribution in [0, 0.1) is 0 Å². The summed E-state index contributed by atoms with van der Waals surface area (Å²) in [7, 11) is 0. The molecule has 0 bridgehead atoms. The van der Waals surface area contributed by atoms with Crippen LogP contribution in [0.2, 0.25) is 0 Å². The summed E-state index contributed by atoms with van der Waals surface area (Å²) in [6, 6.07) is 11.4. The zero-order valence-corrected chi connectivity index (χ0v) is 12.5. The van der Waals surface area contributed by atoms with Crippen molar-refractivity contribution in [3.63, 3.8) is 0 Å². The number of pyridine rings is 1. The van der Waals surface area contributed by atoms with Crippen molar-refractivity contribution in [2.75, 3.05) is 17.2 Å². The number of carbonyl (C=O) groups is 1. The van der Waals surface area contributed by atoms with Crippen LogP contribution >= 0.6 is 11.8 Å². The Morgan fingerprint density at radius 1 is 1.33 bits per heavy atom. The van der Waals surface area contributed by atoms with Crippen LogP contribution in [-0.2, 0) is 4.79 Å². The first-order chi connectivity index (χ1) is 10.3. The molecule has 0 saturated heterocycles. The highest BCUT2D eigenvalue weighted by atomic mass is 32.2.